The van der Waals surface area contributed by atoms with E-state index < -0.39 is 28.4 Å². The number of carbonyl (C=O) groups excluding carboxylic acids is 2. The molecule has 6 nitrogen and oxygen atoms in total. The van der Waals surface area contributed by atoms with Crippen LogP contribution in [0.15, 0.2) is 42.5 Å². The van der Waals surface area contributed by atoms with Crippen LogP contribution in [0.5, 0.6) is 0 Å². The van der Waals surface area contributed by atoms with Crippen LogP contribution < -0.4 is 4.72 Å². The van der Waals surface area contributed by atoms with Crippen molar-refractivity contribution in [3.63, 3.8) is 0 Å². The highest BCUT2D eigenvalue weighted by molar-refractivity contribution is 7.92. The molecule has 0 aliphatic carbocycles. The molecule has 0 heterocycles. The lowest BCUT2D eigenvalue weighted by molar-refractivity contribution is 0.0475. The molecule has 0 amide bonds. The minimum atomic E-state index is -3.39. The van der Waals surface area contributed by atoms with E-state index in [1.54, 1.807) is 0 Å². The van der Waals surface area contributed by atoms with E-state index in [-0.39, 0.29) is 16.1 Å². The van der Waals surface area contributed by atoms with Crippen molar-refractivity contribution >= 4 is 50.7 Å². The number of sulfonamides is 1. The number of hydrogen-bond donors (Lipinski definition) is 1. The lowest BCUT2D eigenvalue weighted by Crippen LogP contribution is -2.14. The summed E-state index contributed by atoms with van der Waals surface area (Å²) >= 11 is 11.6. The van der Waals surface area contributed by atoms with Gasteiger partial charge in [-0.3, -0.25) is 9.52 Å². The normalized spacial score (nSPS) is 11.0. The molecule has 1 N–H and O–H groups in total. The first-order valence-electron chi connectivity index (χ1n) is 6.89. The summed E-state index contributed by atoms with van der Waals surface area (Å²) in [6.45, 7) is -0.460. The average molecular weight is 402 g/mol. The molecule has 0 spiro atoms. The fourth-order valence-corrected chi connectivity index (χ4v) is 2.72. The number of nitrogens with one attached hydrogen (secondary N) is 1. The van der Waals surface area contributed by atoms with Gasteiger partial charge in [0.15, 0.2) is 12.4 Å². The van der Waals surface area contributed by atoms with Crippen LogP contribution in [0.3, 0.4) is 0 Å². The average Bonchev–Trinajstić information content (AvgIpc) is 2.54. The molecule has 2 aromatic rings. The lowest BCUT2D eigenvalue weighted by Gasteiger charge is -2.07. The zero-order valence-corrected chi connectivity index (χ0v) is 15.3. The van der Waals surface area contributed by atoms with E-state index in [2.05, 4.69) is 4.72 Å². The maximum Gasteiger partial charge on any atom is 0.338 e. The van der Waals surface area contributed by atoms with E-state index in [1.165, 1.54) is 42.5 Å². The van der Waals surface area contributed by atoms with Gasteiger partial charge in [0, 0.05) is 11.3 Å². The first kappa shape index (κ1) is 19.2. The number of halogens is 2. The number of esters is 1. The summed E-state index contributed by atoms with van der Waals surface area (Å²) in [6, 6.07) is 9.99. The number of rotatable bonds is 6. The zero-order valence-electron chi connectivity index (χ0n) is 13.0. The summed E-state index contributed by atoms with van der Waals surface area (Å²) in [5.41, 5.74) is 0.780. The first-order chi connectivity index (χ1) is 11.7. The summed E-state index contributed by atoms with van der Waals surface area (Å²) in [6.07, 6.45) is 1.02. The van der Waals surface area contributed by atoms with E-state index >= 15 is 0 Å². The molecule has 25 heavy (non-hydrogen) atoms. The molecule has 0 radical (unpaired) electrons. The van der Waals surface area contributed by atoms with Crippen molar-refractivity contribution in [1.82, 2.24) is 0 Å². The van der Waals surface area contributed by atoms with Gasteiger partial charge in [0.05, 0.1) is 21.9 Å². The van der Waals surface area contributed by atoms with E-state index in [1.807, 2.05) is 0 Å². The van der Waals surface area contributed by atoms with Crippen LogP contribution in [0.4, 0.5) is 5.69 Å². The van der Waals surface area contributed by atoms with Crippen LogP contribution in [0.25, 0.3) is 0 Å². The molecule has 0 fully saturated rings. The molecule has 0 saturated carbocycles. The van der Waals surface area contributed by atoms with Gasteiger partial charge in [0.1, 0.15) is 0 Å². The molecule has 0 aliphatic rings. The van der Waals surface area contributed by atoms with Crippen molar-refractivity contribution in [2.45, 2.75) is 0 Å². The molecule has 2 rings (SSSR count). The smallest absolute Gasteiger partial charge is 0.338 e. The summed E-state index contributed by atoms with van der Waals surface area (Å²) in [7, 11) is -3.39. The highest BCUT2D eigenvalue weighted by Crippen LogP contribution is 2.23. The second-order valence-electron chi connectivity index (χ2n) is 5.08. The van der Waals surface area contributed by atoms with Gasteiger partial charge in [-0.2, -0.15) is 0 Å². The van der Waals surface area contributed by atoms with Crippen molar-refractivity contribution in [1.29, 1.82) is 0 Å². The Balaban J connectivity index is 1.97. The molecule has 0 aromatic heterocycles. The van der Waals surface area contributed by atoms with Crippen molar-refractivity contribution < 1.29 is 22.7 Å². The third kappa shape index (κ3) is 5.74. The lowest BCUT2D eigenvalue weighted by atomic mass is 10.1. The molecule has 9 heteroatoms. The van der Waals surface area contributed by atoms with Gasteiger partial charge < -0.3 is 4.74 Å². The van der Waals surface area contributed by atoms with Gasteiger partial charge in [0.25, 0.3) is 0 Å². The number of carbonyl (C=O) groups is 2. The maximum absolute atomic E-state index is 12.0. The highest BCUT2D eigenvalue weighted by Gasteiger charge is 2.13. The van der Waals surface area contributed by atoms with Gasteiger partial charge in [-0.05, 0) is 42.5 Å². The van der Waals surface area contributed by atoms with E-state index in [4.69, 9.17) is 27.9 Å². The minimum Gasteiger partial charge on any atom is -0.454 e. The third-order valence-electron chi connectivity index (χ3n) is 3.00. The van der Waals surface area contributed by atoms with E-state index in [0.29, 0.717) is 10.7 Å². The Morgan fingerprint density at radius 2 is 1.60 bits per heavy atom. The monoisotopic (exact) mass is 401 g/mol. The number of ketones is 1. The number of Topliss-reactive ketones (excluding diaryl/α,β-unsaturated/α-hetero) is 1. The quantitative estimate of drug-likeness (QED) is 0.591. The molecule has 0 saturated heterocycles. The van der Waals surface area contributed by atoms with Crippen LogP contribution >= 0.6 is 23.2 Å². The topological polar surface area (TPSA) is 89.5 Å². The summed E-state index contributed by atoms with van der Waals surface area (Å²) < 4.78 is 29.5. The van der Waals surface area contributed by atoms with E-state index in [9.17, 15) is 18.0 Å². The second-order valence-corrected chi connectivity index (χ2v) is 7.64. The second kappa shape index (κ2) is 7.86. The highest BCUT2D eigenvalue weighted by atomic mass is 35.5. The van der Waals surface area contributed by atoms with Gasteiger partial charge in [-0.1, -0.05) is 23.2 Å². The Morgan fingerprint density at radius 3 is 2.16 bits per heavy atom. The summed E-state index contributed by atoms with van der Waals surface area (Å²) in [5, 5.41) is 0.508. The molecule has 0 bridgehead atoms. The van der Waals surface area contributed by atoms with Crippen molar-refractivity contribution in [3.05, 3.63) is 63.6 Å². The molecule has 0 atom stereocenters. The Hall–Kier alpha value is -2.09. The van der Waals surface area contributed by atoms with Crippen LogP contribution in [0.2, 0.25) is 10.0 Å². The van der Waals surface area contributed by atoms with Gasteiger partial charge in [-0.15, -0.1) is 0 Å². The molecule has 132 valence electrons. The van der Waals surface area contributed by atoms with Gasteiger partial charge >= 0.3 is 5.97 Å². The fourth-order valence-electron chi connectivity index (χ4n) is 1.86. The summed E-state index contributed by atoms with van der Waals surface area (Å²) in [5.74, 6) is -1.14. The third-order valence-corrected chi connectivity index (χ3v) is 4.35. The predicted molar refractivity (Wildman–Crippen MR) is 96.0 cm³/mol. The molecular formula is C16H13Cl2NO5S. The number of hydrogen-bond acceptors (Lipinski definition) is 5. The van der Waals surface area contributed by atoms with Crippen LogP contribution in [-0.2, 0) is 14.8 Å². The standard InChI is InChI=1S/C16H13Cl2NO5S/c1-25(22,23)19-12-5-2-10(3-6-12)15(20)9-24-16(21)11-4-7-13(17)14(18)8-11/h2-8,19H,9H2,1H3. The number of benzene rings is 2. The van der Waals surface area contributed by atoms with Crippen molar-refractivity contribution in [2.24, 2.45) is 0 Å². The molecule has 0 aliphatic heterocycles. The minimum absolute atomic E-state index is 0.176. The summed E-state index contributed by atoms with van der Waals surface area (Å²) in [4.78, 5) is 23.9. The van der Waals surface area contributed by atoms with Gasteiger partial charge in [-0.25, -0.2) is 13.2 Å². The fraction of sp³-hybridized carbons (Fsp3) is 0.125. The number of ether oxygens (including phenoxy) is 1. The molecular weight excluding hydrogens is 389 g/mol. The van der Waals surface area contributed by atoms with Crippen LogP contribution in [0.1, 0.15) is 20.7 Å². The number of anilines is 1. The zero-order chi connectivity index (χ0) is 18.6. The Labute approximate surface area is 154 Å². The van der Waals surface area contributed by atoms with Gasteiger partial charge in [0.2, 0.25) is 10.0 Å². The SMILES string of the molecule is CS(=O)(=O)Nc1ccc(C(=O)COC(=O)c2ccc(Cl)c(Cl)c2)cc1. The molecule has 0 unspecified atom stereocenters. The van der Waals surface area contributed by atoms with Crippen LogP contribution in [-0.4, -0.2) is 33.0 Å². The maximum atomic E-state index is 12.0. The first-order valence-corrected chi connectivity index (χ1v) is 9.54. The van der Waals surface area contributed by atoms with Crippen LogP contribution in [0, 0.1) is 0 Å². The molecule has 2 aromatic carbocycles. The van der Waals surface area contributed by atoms with Crippen molar-refractivity contribution in [3.8, 4) is 0 Å². The predicted octanol–water partition coefficient (Wildman–Crippen LogP) is 3.40. The van der Waals surface area contributed by atoms with E-state index in [0.717, 1.165) is 6.26 Å². The van der Waals surface area contributed by atoms with Crippen molar-refractivity contribution in [2.75, 3.05) is 17.6 Å². The Bertz CT molecular complexity index is 911. The Morgan fingerprint density at radius 1 is 1.00 bits per heavy atom. The largest absolute Gasteiger partial charge is 0.454 e. The Kier molecular flexibility index (Phi) is 6.05.